The Morgan fingerprint density at radius 2 is 1.75 bits per heavy atom. The van der Waals surface area contributed by atoms with Gasteiger partial charge in [0, 0.05) is 30.4 Å². The molecule has 2 aliphatic rings. The molecule has 0 atom stereocenters. The molecule has 2 fully saturated rings. The van der Waals surface area contributed by atoms with Crippen molar-refractivity contribution in [3.8, 4) is 0 Å². The van der Waals surface area contributed by atoms with Crippen molar-refractivity contribution in [2.75, 3.05) is 0 Å². The molecule has 24 heavy (non-hydrogen) atoms. The van der Waals surface area contributed by atoms with Gasteiger partial charge in [0.15, 0.2) is 0 Å². The summed E-state index contributed by atoms with van der Waals surface area (Å²) in [6.07, 6.45) is 9.11. The zero-order valence-electron chi connectivity index (χ0n) is 14.2. The van der Waals surface area contributed by atoms with E-state index in [1.165, 1.54) is 36.9 Å². The quantitative estimate of drug-likeness (QED) is 0.782. The lowest BCUT2D eigenvalue weighted by molar-refractivity contribution is -0.136. The van der Waals surface area contributed by atoms with Crippen molar-refractivity contribution in [3.63, 3.8) is 0 Å². The van der Waals surface area contributed by atoms with Gasteiger partial charge in [-0.1, -0.05) is 43.2 Å². The molecular formula is C21H26N2O. The molecule has 0 radical (unpaired) electrons. The third-order valence-electron chi connectivity index (χ3n) is 5.43. The smallest absolute Gasteiger partial charge is 0.226 e. The van der Waals surface area contributed by atoms with Crippen molar-refractivity contribution in [3.05, 3.63) is 59.9 Å². The van der Waals surface area contributed by atoms with Crippen LogP contribution in [0, 0.1) is 5.92 Å². The van der Waals surface area contributed by atoms with Crippen LogP contribution in [0.3, 0.4) is 0 Å². The highest BCUT2D eigenvalue weighted by atomic mass is 16.2. The summed E-state index contributed by atoms with van der Waals surface area (Å²) in [4.78, 5) is 15.1. The number of amides is 1. The van der Waals surface area contributed by atoms with E-state index in [1.54, 1.807) is 0 Å². The minimum atomic E-state index is 0.281. The summed E-state index contributed by atoms with van der Waals surface area (Å²) in [6.45, 7) is 1.64. The second-order valence-corrected chi connectivity index (χ2v) is 7.29. The number of rotatable bonds is 6. The zero-order valence-corrected chi connectivity index (χ0v) is 14.2. The van der Waals surface area contributed by atoms with Crippen molar-refractivity contribution in [2.24, 2.45) is 5.92 Å². The van der Waals surface area contributed by atoms with Crippen LogP contribution >= 0.6 is 0 Å². The molecule has 1 aromatic heterocycles. The summed E-state index contributed by atoms with van der Waals surface area (Å²) in [7, 11) is 0. The molecule has 0 saturated heterocycles. The first-order valence-electron chi connectivity index (χ1n) is 9.29. The van der Waals surface area contributed by atoms with E-state index in [2.05, 4.69) is 58.1 Å². The van der Waals surface area contributed by atoms with Crippen LogP contribution in [0.25, 0.3) is 0 Å². The molecule has 1 heterocycles. The second kappa shape index (κ2) is 6.84. The standard InChI is InChI=1S/C21H26N2O/c24-21(18-9-4-5-10-18)23(19-12-13-19)16-20-11-6-14-22(20)15-17-7-2-1-3-8-17/h1-3,6-8,11,14,18-19H,4-5,9-10,12-13,15-16H2. The Bertz CT molecular complexity index is 681. The fraction of sp³-hybridized carbons (Fsp3) is 0.476. The number of nitrogens with zero attached hydrogens (tertiary/aromatic N) is 2. The van der Waals surface area contributed by atoms with E-state index in [9.17, 15) is 4.79 Å². The molecule has 2 aliphatic carbocycles. The molecule has 2 saturated carbocycles. The average Bonchev–Trinajstić information content (AvgIpc) is 3.12. The molecule has 126 valence electrons. The minimum Gasteiger partial charge on any atom is -0.345 e. The Balaban J connectivity index is 1.49. The lowest BCUT2D eigenvalue weighted by Crippen LogP contribution is -2.37. The molecule has 0 aliphatic heterocycles. The molecule has 0 spiro atoms. The Hall–Kier alpha value is -2.03. The molecule has 0 unspecified atom stereocenters. The normalized spacial score (nSPS) is 18.0. The van der Waals surface area contributed by atoms with Gasteiger partial charge in [-0.15, -0.1) is 0 Å². The first-order valence-corrected chi connectivity index (χ1v) is 9.29. The molecule has 0 bridgehead atoms. The first kappa shape index (κ1) is 15.5. The highest BCUT2D eigenvalue weighted by Crippen LogP contribution is 2.34. The van der Waals surface area contributed by atoms with E-state index in [4.69, 9.17) is 0 Å². The number of benzene rings is 1. The highest BCUT2D eigenvalue weighted by Gasteiger charge is 2.36. The van der Waals surface area contributed by atoms with Gasteiger partial charge in [0.25, 0.3) is 0 Å². The molecule has 3 nitrogen and oxygen atoms in total. The zero-order chi connectivity index (χ0) is 16.4. The Labute approximate surface area is 144 Å². The van der Waals surface area contributed by atoms with Crippen LogP contribution in [0.1, 0.15) is 49.8 Å². The van der Waals surface area contributed by atoms with E-state index in [0.717, 1.165) is 25.9 Å². The van der Waals surface area contributed by atoms with Crippen molar-refractivity contribution in [1.29, 1.82) is 0 Å². The molecule has 1 amide bonds. The van der Waals surface area contributed by atoms with E-state index in [1.807, 2.05) is 0 Å². The van der Waals surface area contributed by atoms with Gasteiger partial charge < -0.3 is 9.47 Å². The molecule has 1 aromatic carbocycles. The Morgan fingerprint density at radius 1 is 1.00 bits per heavy atom. The molecule has 2 aromatic rings. The number of aromatic nitrogens is 1. The van der Waals surface area contributed by atoms with Crippen molar-refractivity contribution in [2.45, 2.75) is 57.7 Å². The van der Waals surface area contributed by atoms with Gasteiger partial charge in [0.1, 0.15) is 0 Å². The number of carbonyl (C=O) groups is 1. The van der Waals surface area contributed by atoms with Gasteiger partial charge in [-0.05, 0) is 43.4 Å². The SMILES string of the molecule is O=C(C1CCCC1)N(Cc1cccn1Cc1ccccc1)C1CC1. The van der Waals surface area contributed by atoms with Crippen LogP contribution in [-0.2, 0) is 17.9 Å². The third-order valence-corrected chi connectivity index (χ3v) is 5.43. The van der Waals surface area contributed by atoms with E-state index < -0.39 is 0 Å². The average molecular weight is 322 g/mol. The summed E-state index contributed by atoms with van der Waals surface area (Å²) in [5.41, 5.74) is 2.55. The lowest BCUT2D eigenvalue weighted by Gasteiger charge is -2.26. The van der Waals surface area contributed by atoms with Gasteiger partial charge in [-0.25, -0.2) is 0 Å². The maximum absolute atomic E-state index is 12.9. The van der Waals surface area contributed by atoms with Crippen LogP contribution in [0.2, 0.25) is 0 Å². The minimum absolute atomic E-state index is 0.281. The molecule has 4 rings (SSSR count). The maximum Gasteiger partial charge on any atom is 0.226 e. The van der Waals surface area contributed by atoms with Gasteiger partial charge in [0.05, 0.1) is 6.54 Å². The van der Waals surface area contributed by atoms with Crippen molar-refractivity contribution < 1.29 is 4.79 Å². The monoisotopic (exact) mass is 322 g/mol. The summed E-state index contributed by atoms with van der Waals surface area (Å²) >= 11 is 0. The fourth-order valence-corrected chi connectivity index (χ4v) is 3.88. The summed E-state index contributed by atoms with van der Waals surface area (Å²) < 4.78 is 2.28. The summed E-state index contributed by atoms with van der Waals surface area (Å²) in [5.74, 6) is 0.686. The van der Waals surface area contributed by atoms with E-state index >= 15 is 0 Å². The Morgan fingerprint density at radius 3 is 2.46 bits per heavy atom. The van der Waals surface area contributed by atoms with E-state index in [0.29, 0.717) is 11.9 Å². The predicted molar refractivity (Wildman–Crippen MR) is 95.5 cm³/mol. The van der Waals surface area contributed by atoms with Crippen LogP contribution in [0.4, 0.5) is 0 Å². The number of carbonyl (C=O) groups excluding carboxylic acids is 1. The topological polar surface area (TPSA) is 25.2 Å². The van der Waals surface area contributed by atoms with Crippen LogP contribution in [0.5, 0.6) is 0 Å². The van der Waals surface area contributed by atoms with Crippen molar-refractivity contribution >= 4 is 5.91 Å². The van der Waals surface area contributed by atoms with Gasteiger partial charge >= 0.3 is 0 Å². The Kier molecular flexibility index (Phi) is 4.42. The third kappa shape index (κ3) is 3.40. The predicted octanol–water partition coefficient (Wildman–Crippen LogP) is 4.22. The maximum atomic E-state index is 12.9. The lowest BCUT2D eigenvalue weighted by atomic mass is 10.1. The highest BCUT2D eigenvalue weighted by molar-refractivity contribution is 5.79. The van der Waals surface area contributed by atoms with Crippen LogP contribution in [0.15, 0.2) is 48.7 Å². The second-order valence-electron chi connectivity index (χ2n) is 7.29. The van der Waals surface area contributed by atoms with Crippen LogP contribution in [-0.4, -0.2) is 21.4 Å². The summed E-state index contributed by atoms with van der Waals surface area (Å²) in [5, 5.41) is 0. The number of hydrogen-bond donors (Lipinski definition) is 0. The van der Waals surface area contributed by atoms with Gasteiger partial charge in [-0.3, -0.25) is 4.79 Å². The van der Waals surface area contributed by atoms with E-state index in [-0.39, 0.29) is 5.92 Å². The van der Waals surface area contributed by atoms with Crippen molar-refractivity contribution in [1.82, 2.24) is 9.47 Å². The largest absolute Gasteiger partial charge is 0.345 e. The fourth-order valence-electron chi connectivity index (χ4n) is 3.88. The number of hydrogen-bond acceptors (Lipinski definition) is 1. The van der Waals surface area contributed by atoms with Gasteiger partial charge in [-0.2, -0.15) is 0 Å². The summed E-state index contributed by atoms with van der Waals surface area (Å²) in [6, 6.07) is 15.3. The first-order chi connectivity index (χ1) is 11.8. The molecule has 3 heteroatoms. The van der Waals surface area contributed by atoms with Crippen LogP contribution < -0.4 is 0 Å². The molecular weight excluding hydrogens is 296 g/mol. The van der Waals surface area contributed by atoms with Gasteiger partial charge in [0.2, 0.25) is 5.91 Å². The molecule has 0 N–H and O–H groups in total.